The van der Waals surface area contributed by atoms with Crippen molar-refractivity contribution < 1.29 is 19.4 Å². The van der Waals surface area contributed by atoms with Gasteiger partial charge < -0.3 is 9.97 Å². The number of Topliss-reactive ketones (excluding diaryl/α,β-unsaturated/α-hetero) is 1. The van der Waals surface area contributed by atoms with Crippen LogP contribution in [0.1, 0.15) is 24.2 Å². The Morgan fingerprint density at radius 3 is 1.78 bits per heavy atom. The van der Waals surface area contributed by atoms with Crippen molar-refractivity contribution in [3.8, 4) is 0 Å². The number of nitrogens with one attached hydrogen (secondary N) is 2. The number of aromatic amines is 2. The zero-order chi connectivity index (χ0) is 27.6. The predicted molar refractivity (Wildman–Crippen MR) is 146 cm³/mol. The number of halogens is 5. The quantitative estimate of drug-likeness (QED) is 0.0741. The van der Waals surface area contributed by atoms with Crippen LogP contribution in [0, 0.1) is 20.2 Å². The maximum atomic E-state index is 11.2. The number of carbonyl (C=O) groups excluding carboxylic acids is 2. The Balaban J connectivity index is 0.000000275. The molecule has 0 fully saturated rings. The first kappa shape index (κ1) is 31.9. The number of H-pyrrole nitrogens is 2. The van der Waals surface area contributed by atoms with Gasteiger partial charge in [-0.2, -0.15) is 0 Å². The molecule has 4 rings (SSSR count). The molecule has 0 aliphatic carbocycles. The first-order chi connectivity index (χ1) is 16.6. The summed E-state index contributed by atoms with van der Waals surface area (Å²) in [5.41, 5.74) is 2.24. The summed E-state index contributed by atoms with van der Waals surface area (Å²) in [6.45, 7) is 2.73. The van der Waals surface area contributed by atoms with Crippen LogP contribution in [-0.4, -0.2) is 44.7 Å². The second-order valence-electron chi connectivity index (χ2n) is 6.65. The minimum atomic E-state index is -3.29. The molecular weight excluding hydrogens is 688 g/mol. The van der Waals surface area contributed by atoms with Crippen molar-refractivity contribution in [1.82, 2.24) is 9.97 Å². The van der Waals surface area contributed by atoms with Crippen LogP contribution in [0.25, 0.3) is 21.8 Å². The third-order valence-corrected chi connectivity index (χ3v) is 4.00. The van der Waals surface area contributed by atoms with E-state index in [1.54, 1.807) is 30.6 Å². The second kappa shape index (κ2) is 14.6. The summed E-state index contributed by atoms with van der Waals surface area (Å²) in [7, 11) is 20.1. The fourth-order valence-corrected chi connectivity index (χ4v) is 2.67. The van der Waals surface area contributed by atoms with Crippen molar-refractivity contribution in [2.75, 3.05) is 0 Å². The molecule has 16 heteroatoms. The molecule has 2 aromatic carbocycles. The molecule has 0 aliphatic rings. The van der Waals surface area contributed by atoms with Crippen LogP contribution in [0.4, 0.5) is 11.4 Å². The average molecular weight is 705 g/mol. The number of fused-ring (bicyclic) bond motifs is 2. The molecule has 0 aliphatic heterocycles. The van der Waals surface area contributed by atoms with Gasteiger partial charge in [0, 0.05) is 71.0 Å². The Morgan fingerprint density at radius 2 is 1.31 bits per heavy atom. The van der Waals surface area contributed by atoms with Gasteiger partial charge in [-0.3, -0.25) is 29.8 Å². The van der Waals surface area contributed by atoms with E-state index in [0.717, 1.165) is 16.4 Å². The van der Waals surface area contributed by atoms with Crippen LogP contribution in [0.15, 0.2) is 54.9 Å². The minimum absolute atomic E-state index is 0.00963. The van der Waals surface area contributed by atoms with E-state index >= 15 is 0 Å². The van der Waals surface area contributed by atoms with E-state index in [2.05, 4.69) is 21.6 Å². The Kier molecular flexibility index (Phi) is 13.0. The van der Waals surface area contributed by atoms with E-state index in [0.29, 0.717) is 10.9 Å². The number of non-ortho nitro benzene ring substituents is 2. The van der Waals surface area contributed by atoms with Crippen LogP contribution in [0.5, 0.6) is 0 Å². The van der Waals surface area contributed by atoms with Gasteiger partial charge in [0.15, 0.2) is 5.78 Å². The Labute approximate surface area is 227 Å². The van der Waals surface area contributed by atoms with E-state index in [1.807, 2.05) is 6.07 Å². The summed E-state index contributed by atoms with van der Waals surface area (Å²) < 4.78 is 0. The number of nitro benzene ring substituents is 2. The molecule has 0 amide bonds. The van der Waals surface area contributed by atoms with Crippen molar-refractivity contribution in [3.63, 3.8) is 0 Å². The summed E-state index contributed by atoms with van der Waals surface area (Å²) in [6, 6.07) is 11.0. The maximum absolute atomic E-state index is 11.2. The van der Waals surface area contributed by atoms with Crippen LogP contribution in [0.2, 0.25) is 0 Å². The second-order valence-corrected chi connectivity index (χ2v) is 32.6. The first-order valence-corrected chi connectivity index (χ1v) is 24.3. The molecular formula is C20H17Cl5N4O6Sn. The number of hydrogen-bond donors (Lipinski definition) is 2. The number of nitrogens with zero attached hydrogens (tertiary/aromatic N) is 2. The molecule has 36 heavy (non-hydrogen) atoms. The Hall–Kier alpha value is -2.09. The zero-order valence-electron chi connectivity index (χ0n) is 18.4. The summed E-state index contributed by atoms with van der Waals surface area (Å²) in [6.07, 6.45) is 3.32. The van der Waals surface area contributed by atoms with Crippen molar-refractivity contribution in [3.05, 3.63) is 80.7 Å². The van der Waals surface area contributed by atoms with Crippen LogP contribution >= 0.6 is 47.3 Å². The average Bonchev–Trinajstić information content (AvgIpc) is 3.38. The number of benzene rings is 2. The van der Waals surface area contributed by atoms with Gasteiger partial charge in [-0.15, -0.1) is 0 Å². The number of carbonyl (C=O) groups is 2. The molecule has 0 saturated heterocycles. The summed E-state index contributed by atoms with van der Waals surface area (Å²) in [5.74, 6) is -0.109. The van der Waals surface area contributed by atoms with Crippen molar-refractivity contribution in [1.29, 1.82) is 0 Å². The molecule has 2 aromatic heterocycles. The van der Waals surface area contributed by atoms with Gasteiger partial charge in [-0.05, 0) is 36.7 Å². The van der Waals surface area contributed by atoms with Crippen LogP contribution < -0.4 is 0 Å². The van der Waals surface area contributed by atoms with E-state index < -0.39 is 23.7 Å². The predicted octanol–water partition coefficient (Wildman–Crippen LogP) is 7.50. The van der Waals surface area contributed by atoms with Crippen LogP contribution in [-0.2, 0) is 4.79 Å². The number of aromatic nitrogens is 2. The van der Waals surface area contributed by atoms with Gasteiger partial charge in [0.1, 0.15) is 0 Å². The van der Waals surface area contributed by atoms with Crippen LogP contribution in [0.3, 0.4) is 0 Å². The zero-order valence-corrected chi connectivity index (χ0v) is 25.1. The fraction of sp³-hybridized carbons (Fsp3) is 0.100. The fourth-order valence-electron chi connectivity index (χ4n) is 2.67. The molecule has 2 heterocycles. The molecule has 0 radical (unpaired) electrons. The first-order valence-electron chi connectivity index (χ1n) is 9.49. The van der Waals surface area contributed by atoms with E-state index in [9.17, 15) is 29.8 Å². The van der Waals surface area contributed by atoms with E-state index in [-0.39, 0.29) is 22.4 Å². The van der Waals surface area contributed by atoms with Gasteiger partial charge in [-0.25, -0.2) is 0 Å². The van der Waals surface area contributed by atoms with Gasteiger partial charge in [-0.1, -0.05) is 0 Å². The van der Waals surface area contributed by atoms with Crippen molar-refractivity contribution >= 4 is 105 Å². The topological polar surface area (TPSA) is 152 Å². The number of hydrogen-bond acceptors (Lipinski definition) is 6. The Morgan fingerprint density at radius 1 is 0.833 bits per heavy atom. The third-order valence-electron chi connectivity index (χ3n) is 4.00. The Bertz CT molecular complexity index is 1380. The van der Waals surface area contributed by atoms with Gasteiger partial charge in [0.25, 0.3) is 11.4 Å². The molecule has 2 N–H and O–H groups in total. The van der Waals surface area contributed by atoms with Gasteiger partial charge in [0.2, 0.25) is 5.24 Å². The molecule has 0 saturated carbocycles. The third kappa shape index (κ3) is 11.8. The number of nitro groups is 2. The van der Waals surface area contributed by atoms with Crippen molar-refractivity contribution in [2.45, 2.75) is 13.8 Å². The normalized spacial score (nSPS) is 10.2. The van der Waals surface area contributed by atoms with Gasteiger partial charge in [0.05, 0.1) is 9.85 Å². The number of rotatable bonds is 3. The standard InChI is InChI=1S/C10H8N2O3.C8H6N2O2.C2H3ClO.4ClH.Sn/c1-6(13)9-5-11-10-3-2-7(12(14)15)4-8(9)10;11-10(12)7-1-2-8-6(5-7)3-4-9-8;1-2(3)4;;;;;/h2-5,11H,1H3;1-5,9H;1H3;4*1H;/q;;;;;;;+4/p-4. The number of ketones is 1. The van der Waals surface area contributed by atoms with E-state index in [1.165, 1.54) is 32.0 Å². The summed E-state index contributed by atoms with van der Waals surface area (Å²) in [5, 5.41) is 22.0. The molecule has 192 valence electrons. The summed E-state index contributed by atoms with van der Waals surface area (Å²) >= 11 is 1.34. The molecule has 4 aromatic rings. The summed E-state index contributed by atoms with van der Waals surface area (Å²) in [4.78, 5) is 46.3. The van der Waals surface area contributed by atoms with Gasteiger partial charge >= 0.3 is 49.6 Å². The monoisotopic (exact) mass is 704 g/mol. The SMILES string of the molecule is CC(=O)Cl.CC(=O)c1c[nH]c2ccc([N+](=O)[O-])cc12.O=[N+]([O-])c1ccc2[nH]ccc2c1.[Cl][Sn]([Cl])([Cl])[Cl]. The molecule has 0 spiro atoms. The van der Waals surface area contributed by atoms with Crippen molar-refractivity contribution in [2.24, 2.45) is 0 Å². The molecule has 10 nitrogen and oxygen atoms in total. The molecule has 0 bridgehead atoms. The molecule has 0 atom stereocenters. The molecule has 0 unspecified atom stereocenters. The van der Waals surface area contributed by atoms with E-state index in [4.69, 9.17) is 35.7 Å².